The Morgan fingerprint density at radius 2 is 1.96 bits per heavy atom. The molecule has 6 nitrogen and oxygen atoms in total. The number of likely N-dealkylation sites (tertiary alicyclic amines) is 1. The maximum atomic E-state index is 12.9. The highest BCUT2D eigenvalue weighted by Gasteiger charge is 2.36. The van der Waals surface area contributed by atoms with E-state index in [1.807, 2.05) is 44.2 Å². The Morgan fingerprint density at radius 1 is 1.25 bits per heavy atom. The SMILES string of the molecule is Cc1c(C(=O)N2CCC[C@@H](C(=O)O)[C@H]2C)cnn1-c1ccccc1. The molecule has 1 fully saturated rings. The van der Waals surface area contributed by atoms with Crippen molar-refractivity contribution in [1.82, 2.24) is 14.7 Å². The first-order valence-corrected chi connectivity index (χ1v) is 8.14. The van der Waals surface area contributed by atoms with Crippen LogP contribution in [-0.4, -0.2) is 44.3 Å². The maximum absolute atomic E-state index is 12.9. The van der Waals surface area contributed by atoms with Crippen LogP contribution < -0.4 is 0 Å². The van der Waals surface area contributed by atoms with Gasteiger partial charge in [-0.2, -0.15) is 5.10 Å². The van der Waals surface area contributed by atoms with Crippen LogP contribution in [0, 0.1) is 12.8 Å². The van der Waals surface area contributed by atoms with Gasteiger partial charge < -0.3 is 10.0 Å². The first kappa shape index (κ1) is 16.2. The lowest BCUT2D eigenvalue weighted by Crippen LogP contribution is -2.49. The highest BCUT2D eigenvalue weighted by molar-refractivity contribution is 5.95. The van der Waals surface area contributed by atoms with Crippen molar-refractivity contribution >= 4 is 11.9 Å². The molecule has 3 rings (SSSR count). The normalized spacial score (nSPS) is 20.8. The van der Waals surface area contributed by atoms with Crippen molar-refractivity contribution in [2.24, 2.45) is 5.92 Å². The van der Waals surface area contributed by atoms with Crippen LogP contribution in [0.3, 0.4) is 0 Å². The predicted molar refractivity (Wildman–Crippen MR) is 89.2 cm³/mol. The fourth-order valence-corrected chi connectivity index (χ4v) is 3.36. The number of aromatic nitrogens is 2. The molecular weight excluding hydrogens is 306 g/mol. The summed E-state index contributed by atoms with van der Waals surface area (Å²) in [6.07, 6.45) is 2.89. The van der Waals surface area contributed by atoms with Gasteiger partial charge in [0, 0.05) is 12.6 Å². The molecule has 6 heteroatoms. The van der Waals surface area contributed by atoms with Gasteiger partial charge in [0.15, 0.2) is 0 Å². The second-order valence-electron chi connectivity index (χ2n) is 6.22. The molecule has 0 spiro atoms. The average Bonchev–Trinajstić information content (AvgIpc) is 2.96. The molecule has 1 saturated heterocycles. The van der Waals surface area contributed by atoms with E-state index in [4.69, 9.17) is 0 Å². The third-order valence-corrected chi connectivity index (χ3v) is 4.81. The fourth-order valence-electron chi connectivity index (χ4n) is 3.36. The summed E-state index contributed by atoms with van der Waals surface area (Å²) >= 11 is 0. The number of piperidine rings is 1. The van der Waals surface area contributed by atoms with E-state index in [0.717, 1.165) is 11.4 Å². The van der Waals surface area contributed by atoms with E-state index < -0.39 is 11.9 Å². The van der Waals surface area contributed by atoms with E-state index in [1.165, 1.54) is 0 Å². The summed E-state index contributed by atoms with van der Waals surface area (Å²) < 4.78 is 1.73. The van der Waals surface area contributed by atoms with Crippen LogP contribution in [0.5, 0.6) is 0 Å². The van der Waals surface area contributed by atoms with Crippen molar-refractivity contribution in [3.05, 3.63) is 47.8 Å². The van der Waals surface area contributed by atoms with E-state index in [0.29, 0.717) is 24.9 Å². The largest absolute Gasteiger partial charge is 0.481 e. The van der Waals surface area contributed by atoms with Gasteiger partial charge in [-0.15, -0.1) is 0 Å². The topological polar surface area (TPSA) is 75.4 Å². The smallest absolute Gasteiger partial charge is 0.308 e. The van der Waals surface area contributed by atoms with Gasteiger partial charge in [-0.1, -0.05) is 18.2 Å². The van der Waals surface area contributed by atoms with Crippen molar-refractivity contribution in [1.29, 1.82) is 0 Å². The molecule has 1 aliphatic heterocycles. The van der Waals surface area contributed by atoms with Crippen LogP contribution in [0.1, 0.15) is 35.8 Å². The molecule has 1 N–H and O–H groups in total. The molecule has 126 valence electrons. The molecule has 0 radical (unpaired) electrons. The summed E-state index contributed by atoms with van der Waals surface area (Å²) in [6, 6.07) is 9.31. The van der Waals surface area contributed by atoms with E-state index in [-0.39, 0.29) is 11.9 Å². The van der Waals surface area contributed by atoms with Crippen LogP contribution in [0.4, 0.5) is 0 Å². The summed E-state index contributed by atoms with van der Waals surface area (Å²) in [6.45, 7) is 4.25. The van der Waals surface area contributed by atoms with Gasteiger partial charge in [0.05, 0.1) is 29.1 Å². The van der Waals surface area contributed by atoms with Crippen molar-refractivity contribution < 1.29 is 14.7 Å². The van der Waals surface area contributed by atoms with E-state index >= 15 is 0 Å². The summed E-state index contributed by atoms with van der Waals surface area (Å²) in [5.41, 5.74) is 2.18. The van der Waals surface area contributed by atoms with E-state index in [2.05, 4.69) is 5.10 Å². The zero-order valence-corrected chi connectivity index (χ0v) is 13.8. The van der Waals surface area contributed by atoms with Crippen molar-refractivity contribution in [2.75, 3.05) is 6.54 Å². The summed E-state index contributed by atoms with van der Waals surface area (Å²) in [7, 11) is 0. The zero-order chi connectivity index (χ0) is 17.3. The number of rotatable bonds is 3. The predicted octanol–water partition coefficient (Wildman–Crippen LogP) is 2.51. The number of para-hydroxylation sites is 1. The minimum atomic E-state index is -0.836. The molecule has 1 aromatic carbocycles. The molecule has 1 aromatic heterocycles. The molecule has 0 aliphatic carbocycles. The first-order valence-electron chi connectivity index (χ1n) is 8.14. The molecule has 2 atom stereocenters. The third kappa shape index (κ3) is 2.79. The van der Waals surface area contributed by atoms with Gasteiger partial charge in [0.2, 0.25) is 0 Å². The molecule has 2 aromatic rings. The zero-order valence-electron chi connectivity index (χ0n) is 13.8. The molecule has 1 aliphatic rings. The number of benzene rings is 1. The van der Waals surface area contributed by atoms with Crippen LogP contribution in [0.2, 0.25) is 0 Å². The number of carboxylic acids is 1. The highest BCUT2D eigenvalue weighted by atomic mass is 16.4. The molecular formula is C18H21N3O3. The molecule has 0 bridgehead atoms. The van der Waals surface area contributed by atoms with Gasteiger partial charge in [-0.05, 0) is 38.8 Å². The first-order chi connectivity index (χ1) is 11.5. The lowest BCUT2D eigenvalue weighted by Gasteiger charge is -2.37. The summed E-state index contributed by atoms with van der Waals surface area (Å²) in [5.74, 6) is -1.49. The number of amides is 1. The van der Waals surface area contributed by atoms with Crippen LogP contribution >= 0.6 is 0 Å². The Labute approximate surface area is 140 Å². The van der Waals surface area contributed by atoms with Gasteiger partial charge in [0.1, 0.15) is 0 Å². The quantitative estimate of drug-likeness (QED) is 0.940. The maximum Gasteiger partial charge on any atom is 0.308 e. The van der Waals surface area contributed by atoms with Crippen LogP contribution in [0.25, 0.3) is 5.69 Å². The van der Waals surface area contributed by atoms with Gasteiger partial charge in [-0.3, -0.25) is 9.59 Å². The molecule has 1 amide bonds. The average molecular weight is 327 g/mol. The minimum absolute atomic E-state index is 0.145. The number of nitrogens with zero attached hydrogens (tertiary/aromatic N) is 3. The van der Waals surface area contributed by atoms with Crippen molar-refractivity contribution in [3.8, 4) is 5.69 Å². The van der Waals surface area contributed by atoms with Crippen molar-refractivity contribution in [3.63, 3.8) is 0 Å². The Balaban J connectivity index is 1.88. The summed E-state index contributed by atoms with van der Waals surface area (Å²) in [5, 5.41) is 13.7. The van der Waals surface area contributed by atoms with E-state index in [9.17, 15) is 14.7 Å². The lowest BCUT2D eigenvalue weighted by molar-refractivity contribution is -0.144. The second kappa shape index (κ2) is 6.47. The van der Waals surface area contributed by atoms with E-state index in [1.54, 1.807) is 15.8 Å². The van der Waals surface area contributed by atoms with Gasteiger partial charge >= 0.3 is 5.97 Å². The third-order valence-electron chi connectivity index (χ3n) is 4.81. The van der Waals surface area contributed by atoms with Crippen LogP contribution in [-0.2, 0) is 4.79 Å². The molecule has 2 heterocycles. The standard InChI is InChI=1S/C18H21N3O3/c1-12-15(18(23)24)9-6-10-20(12)17(22)16-11-19-21(13(16)2)14-7-4-3-5-8-14/h3-5,7-8,11-12,15H,6,9-10H2,1-2H3,(H,23,24)/t12-,15-/m1/s1. The Morgan fingerprint density at radius 3 is 2.62 bits per heavy atom. The number of carbonyl (C=O) groups is 2. The second-order valence-corrected chi connectivity index (χ2v) is 6.22. The molecule has 24 heavy (non-hydrogen) atoms. The minimum Gasteiger partial charge on any atom is -0.481 e. The van der Waals surface area contributed by atoms with Gasteiger partial charge in [-0.25, -0.2) is 4.68 Å². The fraction of sp³-hybridized carbons (Fsp3) is 0.389. The Kier molecular flexibility index (Phi) is 4.38. The number of hydrogen-bond acceptors (Lipinski definition) is 3. The van der Waals surface area contributed by atoms with Crippen LogP contribution in [0.15, 0.2) is 36.5 Å². The highest BCUT2D eigenvalue weighted by Crippen LogP contribution is 2.26. The lowest BCUT2D eigenvalue weighted by atomic mass is 9.90. The molecule has 0 saturated carbocycles. The Bertz CT molecular complexity index is 754. The number of carbonyl (C=O) groups excluding carboxylic acids is 1. The van der Waals surface area contributed by atoms with Gasteiger partial charge in [0.25, 0.3) is 5.91 Å². The monoisotopic (exact) mass is 327 g/mol. The Hall–Kier alpha value is -2.63. The number of hydrogen-bond donors (Lipinski definition) is 1. The molecule has 0 unspecified atom stereocenters. The number of aliphatic carboxylic acids is 1. The number of carboxylic acid groups (broad SMARTS) is 1. The van der Waals surface area contributed by atoms with Crippen molar-refractivity contribution in [2.45, 2.75) is 32.7 Å². The summed E-state index contributed by atoms with van der Waals surface area (Å²) in [4.78, 5) is 26.0.